The number of carbonyl (C=O) groups is 2. The van der Waals surface area contributed by atoms with Crippen LogP contribution < -0.4 is 24.8 Å². The molecule has 2 aliphatic heterocycles. The molecule has 10 nitrogen and oxygen atoms in total. The lowest BCUT2D eigenvalue weighted by atomic mass is 9.80. The van der Waals surface area contributed by atoms with Gasteiger partial charge >= 0.3 is 0 Å². The Morgan fingerprint density at radius 1 is 1.08 bits per heavy atom. The number of imidazole rings is 1. The van der Waals surface area contributed by atoms with Crippen LogP contribution in [0, 0.1) is 0 Å². The van der Waals surface area contributed by atoms with Crippen LogP contribution in [0.5, 0.6) is 17.2 Å². The van der Waals surface area contributed by atoms with Gasteiger partial charge in [-0.2, -0.15) is 0 Å². The number of H-pyrrole nitrogens is 1. The van der Waals surface area contributed by atoms with Crippen LogP contribution in [-0.2, 0) is 16.8 Å². The number of aromatic amines is 1. The first-order valence-corrected chi connectivity index (χ1v) is 12.9. The number of benzene rings is 1. The minimum Gasteiger partial charge on any atom is -0.490 e. The maximum Gasteiger partial charge on any atom is 0.252 e. The number of nitrogens with zero attached hydrogens (tertiary/aromatic N) is 2. The number of piperidine rings is 1. The van der Waals surface area contributed by atoms with Crippen molar-refractivity contribution in [2.24, 2.45) is 0 Å². The highest BCUT2D eigenvalue weighted by atomic mass is 16.5. The summed E-state index contributed by atoms with van der Waals surface area (Å²) in [7, 11) is 0. The molecule has 10 heteroatoms. The molecule has 0 radical (unpaired) electrons. The zero-order valence-electron chi connectivity index (χ0n) is 21.6. The molecule has 1 spiro atoms. The third kappa shape index (κ3) is 5.13. The van der Waals surface area contributed by atoms with Crippen molar-refractivity contribution in [1.29, 1.82) is 0 Å². The highest BCUT2D eigenvalue weighted by Gasteiger charge is 2.42. The summed E-state index contributed by atoms with van der Waals surface area (Å²) in [5.74, 6) is 0.879. The number of hydrogen-bond acceptors (Lipinski definition) is 7. The topological polar surface area (TPSA) is 118 Å². The minimum atomic E-state index is -0.676. The first-order chi connectivity index (χ1) is 17.4. The fraction of sp³-hybridized carbons (Fsp3) is 0.577. The average molecular weight is 500 g/mol. The van der Waals surface area contributed by atoms with E-state index in [1.54, 1.807) is 25.4 Å². The molecule has 1 atom stereocenters. The Hall–Kier alpha value is -3.27. The first-order valence-electron chi connectivity index (χ1n) is 12.9. The molecule has 1 saturated heterocycles. The van der Waals surface area contributed by atoms with Crippen LogP contribution in [0.3, 0.4) is 0 Å². The van der Waals surface area contributed by atoms with Crippen molar-refractivity contribution in [2.45, 2.75) is 58.5 Å². The third-order valence-electron chi connectivity index (χ3n) is 6.83. The first kappa shape index (κ1) is 25.8. The van der Waals surface area contributed by atoms with E-state index in [0.717, 1.165) is 31.5 Å². The predicted octanol–water partition coefficient (Wildman–Crippen LogP) is 2.39. The highest BCUT2D eigenvalue weighted by Crippen LogP contribution is 2.39. The van der Waals surface area contributed by atoms with Crippen molar-refractivity contribution in [1.82, 2.24) is 25.5 Å². The number of hydrogen-bond donors (Lipinski definition) is 3. The molecular weight excluding hydrogens is 462 g/mol. The van der Waals surface area contributed by atoms with E-state index in [4.69, 9.17) is 14.2 Å². The Balaban J connectivity index is 1.42. The van der Waals surface area contributed by atoms with Crippen LogP contribution in [-0.4, -0.2) is 72.2 Å². The number of aromatic nitrogens is 2. The Labute approximate surface area is 212 Å². The number of likely N-dealkylation sites (tertiary alicyclic amines) is 1. The van der Waals surface area contributed by atoms with E-state index in [1.807, 2.05) is 25.7 Å². The molecule has 0 bridgehead atoms. The Morgan fingerprint density at radius 3 is 2.33 bits per heavy atom. The second-order valence-electron chi connectivity index (χ2n) is 9.11. The molecule has 36 heavy (non-hydrogen) atoms. The zero-order valence-corrected chi connectivity index (χ0v) is 21.6. The molecular formula is C26H37N5O5. The van der Waals surface area contributed by atoms with Gasteiger partial charge in [0, 0.05) is 37.3 Å². The number of fused-ring (bicyclic) bond motifs is 2. The maximum absolute atomic E-state index is 13.2. The van der Waals surface area contributed by atoms with Gasteiger partial charge in [-0.1, -0.05) is 0 Å². The lowest BCUT2D eigenvalue weighted by Gasteiger charge is -2.44. The lowest BCUT2D eigenvalue weighted by Crippen LogP contribution is -2.57. The molecule has 0 aliphatic carbocycles. The van der Waals surface area contributed by atoms with Crippen LogP contribution in [0.4, 0.5) is 0 Å². The normalized spacial score (nSPS) is 17.3. The van der Waals surface area contributed by atoms with Crippen LogP contribution in [0.1, 0.15) is 62.3 Å². The van der Waals surface area contributed by atoms with Gasteiger partial charge in [0.05, 0.1) is 37.4 Å². The molecule has 2 aliphatic rings. The van der Waals surface area contributed by atoms with Crippen molar-refractivity contribution in [3.63, 3.8) is 0 Å². The Bertz CT molecular complexity index is 1050. The third-order valence-corrected chi connectivity index (χ3v) is 6.83. The highest BCUT2D eigenvalue weighted by molar-refractivity contribution is 5.98. The van der Waals surface area contributed by atoms with Crippen molar-refractivity contribution in [3.05, 3.63) is 35.4 Å². The second-order valence-corrected chi connectivity index (χ2v) is 9.11. The lowest BCUT2D eigenvalue weighted by molar-refractivity contribution is -0.134. The number of nitrogens with one attached hydrogen (secondary N) is 3. The average Bonchev–Trinajstić information content (AvgIpc) is 3.37. The molecule has 1 aromatic heterocycles. The van der Waals surface area contributed by atoms with E-state index in [-0.39, 0.29) is 17.4 Å². The van der Waals surface area contributed by atoms with Gasteiger partial charge < -0.3 is 34.7 Å². The van der Waals surface area contributed by atoms with E-state index in [0.29, 0.717) is 55.7 Å². The SMILES string of the molecule is CCOc1cc(C(=O)N[C@@H](C)C(=O)N2CCC3(CC2)NCCc2[nH]cnc23)cc(OCC)c1OCC. The van der Waals surface area contributed by atoms with Gasteiger partial charge in [0.15, 0.2) is 11.5 Å². The van der Waals surface area contributed by atoms with E-state index >= 15 is 0 Å². The molecule has 1 aromatic carbocycles. The van der Waals surface area contributed by atoms with Crippen molar-refractivity contribution in [3.8, 4) is 17.2 Å². The standard InChI is InChI=1S/C26H37N5O5/c1-5-34-20-14-18(15-21(35-6-2)22(20)36-7-3)24(32)30-17(4)25(33)31-12-9-26(10-13-31)23-19(8-11-29-26)27-16-28-23/h14-17,29H,5-13H2,1-4H3,(H,27,28)(H,30,32)/t17-/m0/s1. The minimum absolute atomic E-state index is 0.0998. The fourth-order valence-corrected chi connectivity index (χ4v) is 5.09. The summed E-state index contributed by atoms with van der Waals surface area (Å²) in [6.07, 6.45) is 4.25. The van der Waals surface area contributed by atoms with Crippen LogP contribution >= 0.6 is 0 Å². The monoisotopic (exact) mass is 499 g/mol. The number of ether oxygens (including phenoxy) is 3. The molecule has 1 fully saturated rings. The van der Waals surface area contributed by atoms with Crippen LogP contribution in [0.2, 0.25) is 0 Å². The van der Waals surface area contributed by atoms with Gasteiger partial charge in [0.2, 0.25) is 11.7 Å². The van der Waals surface area contributed by atoms with Gasteiger partial charge in [-0.15, -0.1) is 0 Å². The summed E-state index contributed by atoms with van der Waals surface area (Å²) in [5.41, 5.74) is 2.42. The summed E-state index contributed by atoms with van der Waals surface area (Å²) < 4.78 is 17.1. The molecule has 2 aromatic rings. The van der Waals surface area contributed by atoms with Crippen molar-refractivity contribution < 1.29 is 23.8 Å². The molecule has 3 N–H and O–H groups in total. The van der Waals surface area contributed by atoms with Gasteiger partial charge in [-0.05, 0) is 52.7 Å². The predicted molar refractivity (Wildman–Crippen MR) is 135 cm³/mol. The van der Waals surface area contributed by atoms with E-state index in [1.165, 1.54) is 5.69 Å². The smallest absolute Gasteiger partial charge is 0.252 e. The number of rotatable bonds is 9. The van der Waals surface area contributed by atoms with Crippen LogP contribution in [0.25, 0.3) is 0 Å². The summed E-state index contributed by atoms with van der Waals surface area (Å²) in [5, 5.41) is 6.49. The summed E-state index contributed by atoms with van der Waals surface area (Å²) in [6, 6.07) is 2.58. The summed E-state index contributed by atoms with van der Waals surface area (Å²) in [4.78, 5) is 36.0. The van der Waals surface area contributed by atoms with E-state index in [2.05, 4.69) is 20.6 Å². The molecule has 0 unspecified atom stereocenters. The largest absolute Gasteiger partial charge is 0.490 e. The number of amides is 2. The molecule has 2 amide bonds. The summed E-state index contributed by atoms with van der Waals surface area (Å²) >= 11 is 0. The summed E-state index contributed by atoms with van der Waals surface area (Å²) in [6.45, 7) is 10.7. The van der Waals surface area contributed by atoms with Gasteiger partial charge in [0.25, 0.3) is 5.91 Å². The van der Waals surface area contributed by atoms with E-state index < -0.39 is 6.04 Å². The van der Waals surface area contributed by atoms with Gasteiger partial charge in [0.1, 0.15) is 6.04 Å². The molecule has 196 valence electrons. The molecule has 0 saturated carbocycles. The zero-order chi connectivity index (χ0) is 25.7. The van der Waals surface area contributed by atoms with E-state index in [9.17, 15) is 9.59 Å². The number of carbonyl (C=O) groups excluding carboxylic acids is 2. The molecule has 4 rings (SSSR count). The van der Waals surface area contributed by atoms with Gasteiger partial charge in [-0.25, -0.2) is 4.98 Å². The Morgan fingerprint density at radius 2 is 1.72 bits per heavy atom. The quantitative estimate of drug-likeness (QED) is 0.485. The second kappa shape index (κ2) is 11.2. The van der Waals surface area contributed by atoms with Gasteiger partial charge in [-0.3, -0.25) is 9.59 Å². The van der Waals surface area contributed by atoms with Crippen molar-refractivity contribution >= 4 is 11.8 Å². The van der Waals surface area contributed by atoms with Crippen molar-refractivity contribution in [2.75, 3.05) is 39.5 Å². The fourth-order valence-electron chi connectivity index (χ4n) is 5.09. The Kier molecular flexibility index (Phi) is 8.03. The maximum atomic E-state index is 13.2. The van der Waals surface area contributed by atoms with Crippen LogP contribution in [0.15, 0.2) is 18.5 Å². The molecule has 3 heterocycles.